The van der Waals surface area contributed by atoms with E-state index in [0.29, 0.717) is 12.2 Å². The van der Waals surface area contributed by atoms with E-state index < -0.39 is 0 Å². The van der Waals surface area contributed by atoms with Gasteiger partial charge in [0.2, 0.25) is 5.95 Å². The number of thiophene rings is 1. The molecule has 5 rings (SSSR count). The number of aldehydes is 1. The van der Waals surface area contributed by atoms with E-state index in [1.165, 1.54) is 11.6 Å². The number of hydrazine groups is 1. The number of anilines is 5. The maximum absolute atomic E-state index is 9.06. The van der Waals surface area contributed by atoms with Crippen molar-refractivity contribution in [2.45, 2.75) is 6.04 Å². The summed E-state index contributed by atoms with van der Waals surface area (Å²) in [5, 5.41) is 10.9. The third-order valence-electron chi connectivity index (χ3n) is 6.76. The molecule has 1 aliphatic heterocycles. The van der Waals surface area contributed by atoms with Crippen LogP contribution in [0.1, 0.15) is 17.3 Å². The topological polar surface area (TPSA) is 97.9 Å². The molecule has 236 valence electrons. The maximum Gasteiger partial charge on any atom is 0.228 e. The average molecular weight is 749 g/mol. The molecule has 2 aromatic heterocycles. The van der Waals surface area contributed by atoms with Gasteiger partial charge < -0.3 is 30.2 Å². The van der Waals surface area contributed by atoms with Crippen LogP contribution in [0.4, 0.5) is 28.7 Å². The maximum atomic E-state index is 9.06. The van der Waals surface area contributed by atoms with Crippen LogP contribution >= 0.6 is 41.5 Å². The third-order valence-corrected chi connectivity index (χ3v) is 7.68. The number of para-hydroxylation sites is 1. The van der Waals surface area contributed by atoms with Gasteiger partial charge >= 0.3 is 0 Å². The molecular formula is C31H41IN8O2S2. The minimum Gasteiger partial charge on any atom is -0.494 e. The number of nitrogens with zero attached hydrogens (tertiary/aromatic N) is 5. The van der Waals surface area contributed by atoms with E-state index in [9.17, 15) is 0 Å². The Morgan fingerprint density at radius 3 is 2.52 bits per heavy atom. The van der Waals surface area contributed by atoms with Crippen LogP contribution in [0.5, 0.6) is 5.75 Å². The molecule has 0 spiro atoms. The lowest BCUT2D eigenvalue weighted by Crippen LogP contribution is -2.31. The van der Waals surface area contributed by atoms with Gasteiger partial charge in [0.1, 0.15) is 12.0 Å². The Morgan fingerprint density at radius 1 is 1.18 bits per heavy atom. The molecule has 2 aromatic carbocycles. The van der Waals surface area contributed by atoms with Crippen molar-refractivity contribution in [1.82, 2.24) is 20.3 Å². The lowest BCUT2D eigenvalue weighted by molar-refractivity contribution is -0.104. The average Bonchev–Trinajstić information content (AvgIpc) is 3.64. The summed E-state index contributed by atoms with van der Waals surface area (Å²) in [6.45, 7) is 4.95. The number of rotatable bonds is 10. The summed E-state index contributed by atoms with van der Waals surface area (Å²) in [5.41, 5.74) is 10.6. The third kappa shape index (κ3) is 8.75. The molecule has 1 unspecified atom stereocenters. The first kappa shape index (κ1) is 35.4. The van der Waals surface area contributed by atoms with E-state index >= 15 is 0 Å². The van der Waals surface area contributed by atoms with Crippen LogP contribution in [-0.2, 0) is 4.79 Å². The van der Waals surface area contributed by atoms with E-state index in [1.54, 1.807) is 27.4 Å². The van der Waals surface area contributed by atoms with Crippen LogP contribution in [0, 0.1) is 0 Å². The molecule has 13 heteroatoms. The molecule has 0 bridgehead atoms. The minimum absolute atomic E-state index is 0.0617. The van der Waals surface area contributed by atoms with E-state index in [4.69, 9.17) is 19.5 Å². The predicted molar refractivity (Wildman–Crippen MR) is 199 cm³/mol. The van der Waals surface area contributed by atoms with Gasteiger partial charge in [0, 0.05) is 45.9 Å². The summed E-state index contributed by atoms with van der Waals surface area (Å²) in [5.74, 6) is 1.26. The Bertz CT molecular complexity index is 1530. The molecule has 4 aromatic rings. The van der Waals surface area contributed by atoms with Gasteiger partial charge in [-0.05, 0) is 71.2 Å². The number of likely N-dealkylation sites (N-methyl/N-ethyl adjacent to an activating group) is 2. The normalized spacial score (nSPS) is 13.3. The second-order valence-electron chi connectivity index (χ2n) is 9.94. The van der Waals surface area contributed by atoms with Crippen LogP contribution < -0.4 is 30.7 Å². The molecule has 3 N–H and O–H groups in total. The van der Waals surface area contributed by atoms with Crippen LogP contribution in [0.15, 0.2) is 60.5 Å². The van der Waals surface area contributed by atoms with Crippen molar-refractivity contribution in [3.8, 4) is 5.75 Å². The fourth-order valence-corrected chi connectivity index (χ4v) is 5.51. The SMILES string of the molecule is C=CC=O.CNc1cc(Nc2nc(C3NN(C)c4ccccc43)c3sccc3n2)c(OC)cc1N(C)CCN(C)C.CSI. The van der Waals surface area contributed by atoms with E-state index in [2.05, 4.69) is 122 Å². The highest BCUT2D eigenvalue weighted by atomic mass is 127. The van der Waals surface area contributed by atoms with Crippen molar-refractivity contribution >= 4 is 86.7 Å². The van der Waals surface area contributed by atoms with Crippen LogP contribution in [0.2, 0.25) is 0 Å². The van der Waals surface area contributed by atoms with Crippen molar-refractivity contribution in [2.75, 3.05) is 82.2 Å². The Morgan fingerprint density at radius 2 is 1.89 bits per heavy atom. The first-order valence-corrected chi connectivity index (χ1v) is 18.4. The van der Waals surface area contributed by atoms with Gasteiger partial charge in [-0.2, -0.15) is 0 Å². The quantitative estimate of drug-likeness (QED) is 0.0931. The number of carbonyl (C=O) groups excluding carboxylic acids is 1. The zero-order chi connectivity index (χ0) is 32.2. The smallest absolute Gasteiger partial charge is 0.228 e. The summed E-state index contributed by atoms with van der Waals surface area (Å²) in [4.78, 5) is 23.3. The number of fused-ring (bicyclic) bond motifs is 2. The van der Waals surface area contributed by atoms with Crippen molar-refractivity contribution in [1.29, 1.82) is 0 Å². The molecule has 10 nitrogen and oxygen atoms in total. The van der Waals surface area contributed by atoms with Gasteiger partial charge in [-0.3, -0.25) is 4.79 Å². The number of carbonyl (C=O) groups is 1. The fraction of sp³-hybridized carbons (Fsp3) is 0.323. The van der Waals surface area contributed by atoms with Gasteiger partial charge in [0.15, 0.2) is 0 Å². The number of hydrogen-bond acceptors (Lipinski definition) is 12. The fourth-order valence-electron chi connectivity index (χ4n) is 4.66. The molecule has 0 saturated heterocycles. The Kier molecular flexibility index (Phi) is 14.0. The lowest BCUT2D eigenvalue weighted by Gasteiger charge is -2.25. The number of allylic oxidation sites excluding steroid dienone is 1. The Balaban J connectivity index is 0.000000688. The Hall–Kier alpha value is -3.11. The largest absolute Gasteiger partial charge is 0.494 e. The Labute approximate surface area is 280 Å². The van der Waals surface area contributed by atoms with E-state index in [-0.39, 0.29) is 6.04 Å². The van der Waals surface area contributed by atoms with Gasteiger partial charge in [-0.25, -0.2) is 15.4 Å². The number of halogens is 1. The number of ether oxygens (including phenoxy) is 1. The van der Waals surface area contributed by atoms with Crippen LogP contribution in [-0.4, -0.2) is 82.8 Å². The van der Waals surface area contributed by atoms with Crippen LogP contribution in [0.25, 0.3) is 10.2 Å². The summed E-state index contributed by atoms with van der Waals surface area (Å²) in [7, 11) is 13.6. The second kappa shape index (κ2) is 17.4. The number of nitrogens with one attached hydrogen (secondary N) is 3. The van der Waals surface area contributed by atoms with E-state index in [1.807, 2.05) is 26.4 Å². The van der Waals surface area contributed by atoms with Crippen molar-refractivity contribution in [3.63, 3.8) is 0 Å². The van der Waals surface area contributed by atoms with Crippen molar-refractivity contribution in [3.05, 3.63) is 71.8 Å². The number of benzene rings is 2. The highest BCUT2D eigenvalue weighted by Crippen LogP contribution is 2.41. The molecule has 0 aliphatic carbocycles. The molecule has 1 aliphatic rings. The molecule has 1 atom stereocenters. The summed E-state index contributed by atoms with van der Waals surface area (Å²) >= 11 is 3.87. The minimum atomic E-state index is -0.0617. The molecular weight excluding hydrogens is 707 g/mol. The monoisotopic (exact) mass is 748 g/mol. The predicted octanol–water partition coefficient (Wildman–Crippen LogP) is 6.60. The first-order chi connectivity index (χ1) is 21.2. The molecule has 3 heterocycles. The highest BCUT2D eigenvalue weighted by Gasteiger charge is 2.30. The molecule has 44 heavy (non-hydrogen) atoms. The van der Waals surface area contributed by atoms with Crippen LogP contribution in [0.3, 0.4) is 0 Å². The number of methoxy groups -OCH3 is 1. The molecule has 0 saturated carbocycles. The number of hydrogen-bond donors (Lipinski definition) is 3. The number of aromatic nitrogens is 2. The molecule has 0 amide bonds. The van der Waals surface area contributed by atoms with Crippen molar-refractivity contribution < 1.29 is 9.53 Å². The van der Waals surface area contributed by atoms with Crippen molar-refractivity contribution in [2.24, 2.45) is 0 Å². The molecule has 0 fully saturated rings. The standard InChI is InChI=1S/C27H34N8OS.C3H4O.CH3IS/c1-28-19-15-20(23(36-6)16-22(19)34(4)13-12-33(2)3)30-27-29-18-11-14-37-26(18)25(31-27)24-17-9-7-8-10-21(17)35(5)32-24;1-2-3-4;1-3-2/h7-11,14-16,24,28,32H,12-13H2,1-6H3,(H,29,30,31);2-3H,1H2;1H3. The zero-order valence-corrected chi connectivity index (χ0v) is 30.0. The van der Waals surface area contributed by atoms with Gasteiger partial charge in [-0.1, -0.05) is 33.7 Å². The highest BCUT2D eigenvalue weighted by molar-refractivity contribution is 14.2. The van der Waals surface area contributed by atoms with E-state index in [0.717, 1.165) is 57.5 Å². The lowest BCUT2D eigenvalue weighted by atomic mass is 10.0. The zero-order valence-electron chi connectivity index (χ0n) is 26.2. The van der Waals surface area contributed by atoms with Gasteiger partial charge in [0.25, 0.3) is 0 Å². The summed E-state index contributed by atoms with van der Waals surface area (Å²) in [6.07, 6.45) is 3.86. The second-order valence-corrected chi connectivity index (χ2v) is 13.8. The summed E-state index contributed by atoms with van der Waals surface area (Å²) in [6, 6.07) is 14.5. The summed E-state index contributed by atoms with van der Waals surface area (Å²) < 4.78 is 6.87. The first-order valence-electron chi connectivity index (χ1n) is 13.8. The van der Waals surface area contributed by atoms with Gasteiger partial charge in [0.05, 0.1) is 51.8 Å². The molecule has 0 radical (unpaired) electrons. The van der Waals surface area contributed by atoms with Gasteiger partial charge in [-0.15, -0.1) is 11.3 Å².